The molecule has 0 spiro atoms. The maximum atomic E-state index is 9.64. The molecule has 0 unspecified atom stereocenters. The van der Waals surface area contributed by atoms with E-state index in [0.29, 0.717) is 0 Å². The van der Waals surface area contributed by atoms with Crippen molar-refractivity contribution in [2.24, 2.45) is 0 Å². The highest BCUT2D eigenvalue weighted by Crippen LogP contribution is 2.25. The molecule has 2 rings (SSSR count). The Hall–Kier alpha value is -1.87. The first-order chi connectivity index (χ1) is 8.97. The van der Waals surface area contributed by atoms with E-state index in [4.69, 9.17) is 0 Å². The van der Waals surface area contributed by atoms with Crippen molar-refractivity contribution in [2.45, 2.75) is 26.9 Å². The van der Waals surface area contributed by atoms with Crippen molar-refractivity contribution in [3.63, 3.8) is 0 Å². The number of pyridine rings is 1. The molecule has 100 valence electrons. The quantitative estimate of drug-likeness (QED) is 0.912. The predicted molar refractivity (Wildman–Crippen MR) is 78.8 cm³/mol. The smallest absolute Gasteiger partial charge is 0.133 e. The summed E-state index contributed by atoms with van der Waals surface area (Å²) in [5, 5.41) is 9.64. The van der Waals surface area contributed by atoms with E-state index in [1.54, 1.807) is 13.1 Å². The van der Waals surface area contributed by atoms with Crippen LogP contribution in [0.3, 0.4) is 0 Å². The number of aromatic nitrogens is 1. The van der Waals surface area contributed by atoms with Crippen molar-refractivity contribution in [1.29, 1.82) is 0 Å². The number of hydrogen-bond acceptors (Lipinski definition) is 3. The number of aliphatic hydroxyl groups excluding tert-OH is 1. The third kappa shape index (κ3) is 3.12. The highest BCUT2D eigenvalue weighted by Gasteiger charge is 2.09. The van der Waals surface area contributed by atoms with Crippen LogP contribution in [-0.2, 0) is 0 Å². The Morgan fingerprint density at radius 1 is 1.11 bits per heavy atom. The Kier molecular flexibility index (Phi) is 3.86. The molecule has 0 aliphatic carbocycles. The van der Waals surface area contributed by atoms with Crippen LogP contribution in [0.5, 0.6) is 0 Å². The molecule has 1 aromatic carbocycles. The van der Waals surface area contributed by atoms with E-state index in [2.05, 4.69) is 37.0 Å². The lowest BCUT2D eigenvalue weighted by molar-refractivity contribution is 0.199. The maximum absolute atomic E-state index is 9.64. The van der Waals surface area contributed by atoms with Crippen LogP contribution in [0.15, 0.2) is 36.5 Å². The second kappa shape index (κ2) is 5.41. The lowest BCUT2D eigenvalue weighted by atomic mass is 10.1. The van der Waals surface area contributed by atoms with Crippen LogP contribution >= 0.6 is 0 Å². The van der Waals surface area contributed by atoms with Crippen LogP contribution in [0.2, 0.25) is 0 Å². The van der Waals surface area contributed by atoms with Crippen LogP contribution in [-0.4, -0.2) is 17.1 Å². The minimum Gasteiger partial charge on any atom is -0.389 e. The normalized spacial score (nSPS) is 12.3. The molecular weight excluding hydrogens is 236 g/mol. The summed E-state index contributed by atoms with van der Waals surface area (Å²) in [6, 6.07) is 10.2. The zero-order valence-corrected chi connectivity index (χ0v) is 11.9. The highest BCUT2D eigenvalue weighted by atomic mass is 16.3. The fourth-order valence-corrected chi connectivity index (χ4v) is 2.15. The van der Waals surface area contributed by atoms with Crippen LogP contribution in [0.1, 0.15) is 29.7 Å². The summed E-state index contributed by atoms with van der Waals surface area (Å²) >= 11 is 0. The van der Waals surface area contributed by atoms with Crippen molar-refractivity contribution < 1.29 is 5.11 Å². The maximum Gasteiger partial charge on any atom is 0.133 e. The number of nitrogens with zero attached hydrogens (tertiary/aromatic N) is 2. The standard InChI is InChI=1S/C16H20N2O/c1-11-7-12(2)9-15(8-11)18(4)16-10-14(13(3)19)5-6-17-16/h5-10,13,19H,1-4H3/t13-/m1/s1. The molecule has 0 fully saturated rings. The van der Waals surface area contributed by atoms with Crippen molar-refractivity contribution >= 4 is 11.5 Å². The summed E-state index contributed by atoms with van der Waals surface area (Å²) in [5.74, 6) is 0.836. The molecule has 1 aromatic heterocycles. The fraction of sp³-hybridized carbons (Fsp3) is 0.312. The molecule has 0 amide bonds. The molecule has 0 aliphatic rings. The summed E-state index contributed by atoms with van der Waals surface area (Å²) < 4.78 is 0. The molecular formula is C16H20N2O. The summed E-state index contributed by atoms with van der Waals surface area (Å²) in [6.45, 7) is 5.93. The van der Waals surface area contributed by atoms with Gasteiger partial charge in [-0.05, 0) is 61.7 Å². The number of hydrogen-bond donors (Lipinski definition) is 1. The number of aryl methyl sites for hydroxylation is 2. The van der Waals surface area contributed by atoms with E-state index in [9.17, 15) is 5.11 Å². The predicted octanol–water partition coefficient (Wildman–Crippen LogP) is 3.52. The van der Waals surface area contributed by atoms with Gasteiger partial charge in [-0.3, -0.25) is 0 Å². The number of benzene rings is 1. The minimum absolute atomic E-state index is 0.477. The lowest BCUT2D eigenvalue weighted by Gasteiger charge is -2.20. The van der Waals surface area contributed by atoms with Crippen molar-refractivity contribution in [1.82, 2.24) is 4.98 Å². The topological polar surface area (TPSA) is 36.4 Å². The monoisotopic (exact) mass is 256 g/mol. The van der Waals surface area contributed by atoms with Crippen molar-refractivity contribution in [3.05, 3.63) is 53.2 Å². The van der Waals surface area contributed by atoms with Gasteiger partial charge in [0.1, 0.15) is 5.82 Å². The van der Waals surface area contributed by atoms with Gasteiger partial charge < -0.3 is 10.0 Å². The number of rotatable bonds is 3. The zero-order valence-electron chi connectivity index (χ0n) is 11.9. The van der Waals surface area contributed by atoms with Crippen molar-refractivity contribution in [3.8, 4) is 0 Å². The van der Waals surface area contributed by atoms with Gasteiger partial charge in [0.05, 0.1) is 6.10 Å². The van der Waals surface area contributed by atoms with Gasteiger partial charge >= 0.3 is 0 Å². The number of aliphatic hydroxyl groups is 1. The Balaban J connectivity index is 2.38. The summed E-state index contributed by atoms with van der Waals surface area (Å²) in [6.07, 6.45) is 1.26. The molecule has 0 radical (unpaired) electrons. The molecule has 1 N–H and O–H groups in total. The lowest BCUT2D eigenvalue weighted by Crippen LogP contribution is -2.12. The molecule has 0 bridgehead atoms. The first kappa shape index (κ1) is 13.6. The second-order valence-electron chi connectivity index (χ2n) is 5.03. The van der Waals surface area contributed by atoms with Gasteiger partial charge in [-0.15, -0.1) is 0 Å². The van der Waals surface area contributed by atoms with Gasteiger partial charge in [0, 0.05) is 18.9 Å². The third-order valence-corrected chi connectivity index (χ3v) is 3.19. The van der Waals surface area contributed by atoms with Crippen LogP contribution in [0.25, 0.3) is 0 Å². The minimum atomic E-state index is -0.477. The Bertz CT molecular complexity index is 558. The summed E-state index contributed by atoms with van der Waals surface area (Å²) in [5.41, 5.74) is 4.44. The average molecular weight is 256 g/mol. The van der Waals surface area contributed by atoms with E-state index >= 15 is 0 Å². The molecule has 2 aromatic rings. The van der Waals surface area contributed by atoms with E-state index in [-0.39, 0.29) is 0 Å². The number of anilines is 2. The van der Waals surface area contributed by atoms with Gasteiger partial charge in [-0.1, -0.05) is 6.07 Å². The first-order valence-electron chi connectivity index (χ1n) is 6.43. The van der Waals surface area contributed by atoms with Crippen LogP contribution in [0.4, 0.5) is 11.5 Å². The fourth-order valence-electron chi connectivity index (χ4n) is 2.15. The molecule has 3 nitrogen and oxygen atoms in total. The Labute approximate surface area is 114 Å². The first-order valence-corrected chi connectivity index (χ1v) is 6.43. The van der Waals surface area contributed by atoms with E-state index < -0.39 is 6.10 Å². The molecule has 1 heterocycles. The molecule has 0 aliphatic heterocycles. The summed E-state index contributed by atoms with van der Waals surface area (Å²) in [7, 11) is 1.99. The van der Waals surface area contributed by atoms with Gasteiger partial charge in [0.15, 0.2) is 0 Å². The van der Waals surface area contributed by atoms with Gasteiger partial charge in [-0.2, -0.15) is 0 Å². The average Bonchev–Trinajstić information content (AvgIpc) is 2.37. The second-order valence-corrected chi connectivity index (χ2v) is 5.03. The Morgan fingerprint density at radius 3 is 2.32 bits per heavy atom. The third-order valence-electron chi connectivity index (χ3n) is 3.19. The molecule has 0 saturated carbocycles. The van der Waals surface area contributed by atoms with E-state index in [1.165, 1.54) is 11.1 Å². The Morgan fingerprint density at radius 2 is 1.74 bits per heavy atom. The molecule has 3 heteroatoms. The van der Waals surface area contributed by atoms with Crippen LogP contribution in [0, 0.1) is 13.8 Å². The SMILES string of the molecule is Cc1cc(C)cc(N(C)c2cc([C@@H](C)O)ccn2)c1. The molecule has 0 saturated heterocycles. The van der Waals surface area contributed by atoms with E-state index in [0.717, 1.165) is 17.1 Å². The van der Waals surface area contributed by atoms with Gasteiger partial charge in [-0.25, -0.2) is 4.98 Å². The van der Waals surface area contributed by atoms with E-state index in [1.807, 2.05) is 24.1 Å². The zero-order chi connectivity index (χ0) is 14.0. The molecule has 1 atom stereocenters. The van der Waals surface area contributed by atoms with Crippen molar-refractivity contribution in [2.75, 3.05) is 11.9 Å². The van der Waals surface area contributed by atoms with Gasteiger partial charge in [0.25, 0.3) is 0 Å². The summed E-state index contributed by atoms with van der Waals surface area (Å²) in [4.78, 5) is 6.41. The van der Waals surface area contributed by atoms with Gasteiger partial charge in [0.2, 0.25) is 0 Å². The highest BCUT2D eigenvalue weighted by molar-refractivity contribution is 5.61. The van der Waals surface area contributed by atoms with Crippen LogP contribution < -0.4 is 4.90 Å². The largest absolute Gasteiger partial charge is 0.389 e. The molecule has 19 heavy (non-hydrogen) atoms.